The Morgan fingerprint density at radius 3 is 2.00 bits per heavy atom. The third kappa shape index (κ3) is 6.50. The lowest BCUT2D eigenvalue weighted by Crippen LogP contribution is -2.48. The summed E-state index contributed by atoms with van der Waals surface area (Å²) in [6, 6.07) is 7.09. The zero-order valence-corrected chi connectivity index (χ0v) is 16.4. The van der Waals surface area contributed by atoms with E-state index in [2.05, 4.69) is 31.4 Å². The molecule has 0 saturated heterocycles. The van der Waals surface area contributed by atoms with Crippen molar-refractivity contribution in [1.29, 1.82) is 0 Å². The molecular weight excluding hydrogens is 316 g/mol. The Balaban J connectivity index is 2.56. The van der Waals surface area contributed by atoms with E-state index in [1.807, 2.05) is 24.3 Å². The van der Waals surface area contributed by atoms with Crippen molar-refractivity contribution in [2.75, 3.05) is 6.54 Å². The van der Waals surface area contributed by atoms with Gasteiger partial charge in [-0.25, -0.2) is 0 Å². The zero-order chi connectivity index (χ0) is 19.4. The number of carbonyl (C=O) groups excluding carboxylic acids is 2. The third-order valence-electron chi connectivity index (χ3n) is 4.05. The Bertz CT molecular complexity index is 595. The van der Waals surface area contributed by atoms with Crippen LogP contribution in [0.15, 0.2) is 24.3 Å². The second kappa shape index (κ2) is 8.00. The van der Waals surface area contributed by atoms with Crippen LogP contribution in [0.3, 0.4) is 0 Å². The first-order chi connectivity index (χ1) is 11.3. The van der Waals surface area contributed by atoms with Crippen molar-refractivity contribution in [1.82, 2.24) is 10.6 Å². The Morgan fingerprint density at radius 1 is 1.04 bits per heavy atom. The number of aliphatic hydroxyl groups excluding tert-OH is 1. The molecule has 0 aliphatic rings. The van der Waals surface area contributed by atoms with Crippen LogP contribution in [0.2, 0.25) is 0 Å². The van der Waals surface area contributed by atoms with E-state index in [1.54, 1.807) is 27.7 Å². The van der Waals surface area contributed by atoms with Gasteiger partial charge in [-0.2, -0.15) is 0 Å². The summed E-state index contributed by atoms with van der Waals surface area (Å²) in [6.07, 6.45) is -0.788. The highest BCUT2D eigenvalue weighted by Crippen LogP contribution is 2.23. The standard InChI is InChI=1S/C20H32N2O3/c1-13(22-18(25)20(5,6)7)17(24)21-12-16(23)14-8-10-15(11-9-14)19(2,3)4/h8-11,13,16,23H,12H2,1-7H3,(H,21,24)(H,22,25)/t13-,16+/m0/s1. The number of nitrogens with one attached hydrogen (secondary N) is 2. The summed E-state index contributed by atoms with van der Waals surface area (Å²) in [4.78, 5) is 24.0. The van der Waals surface area contributed by atoms with E-state index in [1.165, 1.54) is 5.56 Å². The smallest absolute Gasteiger partial charge is 0.242 e. The second-order valence-corrected chi connectivity index (χ2v) is 8.58. The molecule has 5 nitrogen and oxygen atoms in total. The Labute approximate surface area is 151 Å². The van der Waals surface area contributed by atoms with Crippen LogP contribution in [0.5, 0.6) is 0 Å². The highest BCUT2D eigenvalue weighted by molar-refractivity contribution is 5.89. The average molecular weight is 348 g/mol. The van der Waals surface area contributed by atoms with Crippen LogP contribution >= 0.6 is 0 Å². The molecule has 1 aromatic carbocycles. The number of aliphatic hydroxyl groups is 1. The van der Waals surface area contributed by atoms with Gasteiger partial charge in [0.2, 0.25) is 11.8 Å². The normalized spacial score (nSPS) is 14.6. The van der Waals surface area contributed by atoms with Crippen LogP contribution in [-0.4, -0.2) is 29.5 Å². The van der Waals surface area contributed by atoms with E-state index < -0.39 is 17.6 Å². The number of hydrogen-bond donors (Lipinski definition) is 3. The van der Waals surface area contributed by atoms with Crippen molar-refractivity contribution in [3.8, 4) is 0 Å². The van der Waals surface area contributed by atoms with Crippen LogP contribution in [0.1, 0.15) is 65.7 Å². The monoisotopic (exact) mass is 348 g/mol. The Morgan fingerprint density at radius 2 is 1.56 bits per heavy atom. The van der Waals surface area contributed by atoms with Crippen molar-refractivity contribution in [2.45, 2.75) is 66.0 Å². The van der Waals surface area contributed by atoms with E-state index in [9.17, 15) is 14.7 Å². The molecule has 2 atom stereocenters. The summed E-state index contributed by atoms with van der Waals surface area (Å²) < 4.78 is 0. The number of rotatable bonds is 5. The summed E-state index contributed by atoms with van der Waals surface area (Å²) in [7, 11) is 0. The van der Waals surface area contributed by atoms with Gasteiger partial charge < -0.3 is 15.7 Å². The minimum atomic E-state index is -0.788. The number of amides is 2. The molecule has 0 fully saturated rings. The maximum absolute atomic E-state index is 12.1. The fraction of sp³-hybridized carbons (Fsp3) is 0.600. The summed E-state index contributed by atoms with van der Waals surface area (Å²) in [6.45, 7) is 13.5. The molecule has 0 unspecified atom stereocenters. The van der Waals surface area contributed by atoms with Crippen molar-refractivity contribution in [2.24, 2.45) is 5.41 Å². The highest BCUT2D eigenvalue weighted by Gasteiger charge is 2.25. The number of benzene rings is 1. The van der Waals surface area contributed by atoms with Gasteiger partial charge in [-0.1, -0.05) is 65.8 Å². The van der Waals surface area contributed by atoms with Crippen molar-refractivity contribution in [3.05, 3.63) is 35.4 Å². The minimum Gasteiger partial charge on any atom is -0.387 e. The molecule has 25 heavy (non-hydrogen) atoms. The van der Waals surface area contributed by atoms with Gasteiger partial charge in [-0.3, -0.25) is 9.59 Å². The molecule has 0 bridgehead atoms. The molecule has 2 amide bonds. The van der Waals surface area contributed by atoms with Crippen molar-refractivity contribution >= 4 is 11.8 Å². The van der Waals surface area contributed by atoms with Gasteiger partial charge in [0.25, 0.3) is 0 Å². The van der Waals surface area contributed by atoms with E-state index in [-0.39, 0.29) is 23.8 Å². The third-order valence-corrected chi connectivity index (χ3v) is 4.05. The zero-order valence-electron chi connectivity index (χ0n) is 16.4. The SMILES string of the molecule is C[C@H](NC(=O)C(C)(C)C)C(=O)NC[C@@H](O)c1ccc(C(C)(C)C)cc1. The van der Waals surface area contributed by atoms with E-state index in [4.69, 9.17) is 0 Å². The summed E-state index contributed by atoms with van der Waals surface area (Å²) in [5.41, 5.74) is 1.44. The molecule has 140 valence electrons. The van der Waals surface area contributed by atoms with Crippen LogP contribution in [0, 0.1) is 5.41 Å². The minimum absolute atomic E-state index is 0.0540. The predicted molar refractivity (Wildman–Crippen MR) is 100 cm³/mol. The molecule has 0 heterocycles. The van der Waals surface area contributed by atoms with E-state index in [0.29, 0.717) is 0 Å². The molecule has 0 radical (unpaired) electrons. The van der Waals surface area contributed by atoms with Gasteiger partial charge in [0.05, 0.1) is 6.10 Å². The van der Waals surface area contributed by atoms with Crippen LogP contribution in [0.4, 0.5) is 0 Å². The van der Waals surface area contributed by atoms with Crippen LogP contribution in [-0.2, 0) is 15.0 Å². The van der Waals surface area contributed by atoms with Gasteiger partial charge in [-0.15, -0.1) is 0 Å². The first-order valence-electron chi connectivity index (χ1n) is 8.69. The van der Waals surface area contributed by atoms with E-state index in [0.717, 1.165) is 5.56 Å². The first-order valence-corrected chi connectivity index (χ1v) is 8.69. The van der Waals surface area contributed by atoms with Gasteiger partial charge in [0, 0.05) is 12.0 Å². The lowest BCUT2D eigenvalue weighted by Gasteiger charge is -2.22. The fourth-order valence-corrected chi connectivity index (χ4v) is 2.15. The lowest BCUT2D eigenvalue weighted by atomic mass is 9.86. The van der Waals surface area contributed by atoms with Crippen molar-refractivity contribution in [3.63, 3.8) is 0 Å². The van der Waals surface area contributed by atoms with E-state index >= 15 is 0 Å². The summed E-state index contributed by atoms with van der Waals surface area (Å²) in [5.74, 6) is -0.503. The first kappa shape index (κ1) is 21.2. The molecule has 0 aliphatic carbocycles. The van der Waals surface area contributed by atoms with Gasteiger partial charge in [-0.05, 0) is 23.5 Å². The fourth-order valence-electron chi connectivity index (χ4n) is 2.15. The Kier molecular flexibility index (Phi) is 6.77. The van der Waals surface area contributed by atoms with Crippen molar-refractivity contribution < 1.29 is 14.7 Å². The molecule has 1 rings (SSSR count). The largest absolute Gasteiger partial charge is 0.387 e. The Hall–Kier alpha value is -1.88. The van der Waals surface area contributed by atoms with Gasteiger partial charge in [0.1, 0.15) is 6.04 Å². The maximum atomic E-state index is 12.1. The summed E-state index contributed by atoms with van der Waals surface area (Å²) in [5, 5.41) is 15.6. The van der Waals surface area contributed by atoms with Crippen LogP contribution < -0.4 is 10.6 Å². The molecule has 1 aromatic rings. The van der Waals surface area contributed by atoms with Gasteiger partial charge in [0.15, 0.2) is 0 Å². The molecule has 0 saturated carbocycles. The maximum Gasteiger partial charge on any atom is 0.242 e. The molecule has 0 spiro atoms. The van der Waals surface area contributed by atoms with Gasteiger partial charge >= 0.3 is 0 Å². The lowest BCUT2D eigenvalue weighted by molar-refractivity contribution is -0.133. The number of hydrogen-bond acceptors (Lipinski definition) is 3. The molecule has 0 aliphatic heterocycles. The molecule has 3 N–H and O–H groups in total. The molecule has 0 aromatic heterocycles. The predicted octanol–water partition coefficient (Wildman–Crippen LogP) is 2.68. The molecule has 5 heteroatoms. The number of carbonyl (C=O) groups is 2. The summed E-state index contributed by atoms with van der Waals surface area (Å²) >= 11 is 0. The van der Waals surface area contributed by atoms with Crippen LogP contribution in [0.25, 0.3) is 0 Å². The topological polar surface area (TPSA) is 78.4 Å². The molecular formula is C20H32N2O3. The quantitative estimate of drug-likeness (QED) is 0.765. The second-order valence-electron chi connectivity index (χ2n) is 8.58. The average Bonchev–Trinajstić information content (AvgIpc) is 2.50. The highest BCUT2D eigenvalue weighted by atomic mass is 16.3.